The van der Waals surface area contributed by atoms with Gasteiger partial charge in [-0.15, -0.1) is 0 Å². The largest absolute Gasteiger partial charge is 0.353 e. The third-order valence-electron chi connectivity index (χ3n) is 2.30. The zero-order valence-electron chi connectivity index (χ0n) is 7.94. The van der Waals surface area contributed by atoms with Crippen LogP contribution in [0.1, 0.15) is 0 Å². The first-order valence-electron chi connectivity index (χ1n) is 4.69. The van der Waals surface area contributed by atoms with E-state index in [1.54, 1.807) is 18.6 Å². The lowest BCUT2D eigenvalue weighted by Crippen LogP contribution is -1.82. The van der Waals surface area contributed by atoms with Gasteiger partial charge in [0.1, 0.15) is 5.69 Å². The second-order valence-corrected chi connectivity index (χ2v) is 3.29. The third-order valence-corrected chi connectivity index (χ3v) is 2.30. The molecule has 15 heavy (non-hydrogen) atoms. The summed E-state index contributed by atoms with van der Waals surface area (Å²) in [6, 6.07) is 10.9. The number of fused-ring (bicyclic) bond motifs is 1. The molecule has 1 radical (unpaired) electrons. The lowest BCUT2D eigenvalue weighted by molar-refractivity contribution is 1.19. The van der Waals surface area contributed by atoms with Crippen molar-refractivity contribution in [3.8, 4) is 11.4 Å². The van der Waals surface area contributed by atoms with Crippen LogP contribution in [0.2, 0.25) is 0 Å². The average molecular weight is 194 g/mol. The van der Waals surface area contributed by atoms with E-state index in [0.717, 1.165) is 22.3 Å². The Morgan fingerprint density at radius 2 is 2.27 bits per heavy atom. The van der Waals surface area contributed by atoms with E-state index in [9.17, 15) is 0 Å². The molecule has 3 aromatic rings. The van der Waals surface area contributed by atoms with Gasteiger partial charge in [0.05, 0.1) is 11.9 Å². The van der Waals surface area contributed by atoms with Crippen LogP contribution in [0.4, 0.5) is 0 Å². The fraction of sp³-hybridized carbons (Fsp3) is 0. The molecule has 0 saturated heterocycles. The fourth-order valence-electron chi connectivity index (χ4n) is 1.59. The topological polar surface area (TPSA) is 41.6 Å². The number of hydrogen-bond donors (Lipinski definition) is 1. The van der Waals surface area contributed by atoms with Gasteiger partial charge in [-0.25, -0.2) is 0 Å². The van der Waals surface area contributed by atoms with Crippen LogP contribution in [0.15, 0.2) is 42.9 Å². The molecular weight excluding hydrogens is 186 g/mol. The quantitative estimate of drug-likeness (QED) is 0.646. The maximum atomic E-state index is 4.24. The molecule has 0 unspecified atom stereocenters. The Labute approximate surface area is 86.8 Å². The first kappa shape index (κ1) is 8.17. The Kier molecular flexibility index (Phi) is 1.75. The van der Waals surface area contributed by atoms with Crippen LogP contribution in [0.5, 0.6) is 0 Å². The van der Waals surface area contributed by atoms with Crippen LogP contribution in [0, 0.1) is 6.07 Å². The van der Waals surface area contributed by atoms with Crippen molar-refractivity contribution in [3.05, 3.63) is 48.9 Å². The van der Waals surface area contributed by atoms with E-state index in [1.807, 2.05) is 18.2 Å². The van der Waals surface area contributed by atoms with Crippen molar-refractivity contribution < 1.29 is 0 Å². The predicted octanol–water partition coefficient (Wildman–Crippen LogP) is 2.43. The fourth-order valence-corrected chi connectivity index (χ4v) is 1.59. The normalized spacial score (nSPS) is 10.7. The molecule has 71 valence electrons. The number of aromatic nitrogens is 3. The summed E-state index contributed by atoms with van der Waals surface area (Å²) in [7, 11) is 0. The summed E-state index contributed by atoms with van der Waals surface area (Å²) in [5.41, 5.74) is 2.93. The molecule has 1 N–H and O–H groups in total. The first-order chi connectivity index (χ1) is 7.43. The highest BCUT2D eigenvalue weighted by Crippen LogP contribution is 2.21. The molecule has 0 aliphatic heterocycles. The summed E-state index contributed by atoms with van der Waals surface area (Å²) < 4.78 is 0. The maximum absolute atomic E-state index is 4.24. The molecule has 0 bridgehead atoms. The molecule has 3 rings (SSSR count). The van der Waals surface area contributed by atoms with Crippen molar-refractivity contribution in [1.29, 1.82) is 0 Å². The lowest BCUT2D eigenvalue weighted by atomic mass is 10.2. The van der Waals surface area contributed by atoms with Gasteiger partial charge in [0.15, 0.2) is 0 Å². The second-order valence-electron chi connectivity index (χ2n) is 3.29. The molecule has 0 atom stereocenters. The SMILES string of the molecule is [c]1ccc2[nH]c(-c3cnccn3)cc2c1. The second kappa shape index (κ2) is 3.20. The third kappa shape index (κ3) is 1.38. The molecule has 1 aromatic carbocycles. The van der Waals surface area contributed by atoms with E-state index in [-0.39, 0.29) is 0 Å². The Morgan fingerprint density at radius 1 is 1.27 bits per heavy atom. The number of benzene rings is 1. The van der Waals surface area contributed by atoms with E-state index < -0.39 is 0 Å². The predicted molar refractivity (Wildman–Crippen MR) is 58.2 cm³/mol. The molecule has 0 aliphatic rings. The Hall–Kier alpha value is -2.16. The van der Waals surface area contributed by atoms with E-state index >= 15 is 0 Å². The monoisotopic (exact) mass is 194 g/mol. The average Bonchev–Trinajstić information content (AvgIpc) is 2.74. The van der Waals surface area contributed by atoms with Gasteiger partial charge in [-0.3, -0.25) is 9.97 Å². The molecule has 2 aromatic heterocycles. The molecule has 0 saturated carbocycles. The van der Waals surface area contributed by atoms with Gasteiger partial charge in [-0.05, 0) is 24.3 Å². The molecule has 3 heteroatoms. The molecule has 2 heterocycles. The standard InChI is InChI=1S/C12H8N3/c1-2-4-10-9(3-1)7-11(15-10)12-8-13-5-6-14-12/h2-8,15H. The summed E-state index contributed by atoms with van der Waals surface area (Å²) >= 11 is 0. The summed E-state index contributed by atoms with van der Waals surface area (Å²) in [5, 5.41) is 1.14. The zero-order chi connectivity index (χ0) is 10.1. The molecular formula is C12H8N3. The summed E-state index contributed by atoms with van der Waals surface area (Å²) in [6.07, 6.45) is 5.10. The van der Waals surface area contributed by atoms with Crippen molar-refractivity contribution in [2.75, 3.05) is 0 Å². The van der Waals surface area contributed by atoms with Gasteiger partial charge in [0.2, 0.25) is 0 Å². The number of H-pyrrole nitrogens is 1. The van der Waals surface area contributed by atoms with Gasteiger partial charge >= 0.3 is 0 Å². The summed E-state index contributed by atoms with van der Waals surface area (Å²) in [4.78, 5) is 11.6. The van der Waals surface area contributed by atoms with E-state index in [2.05, 4.69) is 27.1 Å². The van der Waals surface area contributed by atoms with Crippen molar-refractivity contribution in [1.82, 2.24) is 15.0 Å². The summed E-state index contributed by atoms with van der Waals surface area (Å²) in [6.45, 7) is 0. The molecule has 0 aliphatic carbocycles. The van der Waals surface area contributed by atoms with E-state index in [0.29, 0.717) is 0 Å². The smallest absolute Gasteiger partial charge is 0.105 e. The highest BCUT2D eigenvalue weighted by molar-refractivity contribution is 5.84. The van der Waals surface area contributed by atoms with Crippen LogP contribution in [0.3, 0.4) is 0 Å². The van der Waals surface area contributed by atoms with Gasteiger partial charge in [0, 0.05) is 23.3 Å². The van der Waals surface area contributed by atoms with E-state index in [4.69, 9.17) is 0 Å². The van der Waals surface area contributed by atoms with Crippen molar-refractivity contribution in [2.45, 2.75) is 0 Å². The maximum Gasteiger partial charge on any atom is 0.105 e. The Morgan fingerprint density at radius 3 is 3.07 bits per heavy atom. The number of rotatable bonds is 1. The minimum absolute atomic E-state index is 0.855. The lowest BCUT2D eigenvalue weighted by Gasteiger charge is -1.93. The van der Waals surface area contributed by atoms with Crippen LogP contribution in [0.25, 0.3) is 22.3 Å². The van der Waals surface area contributed by atoms with Gasteiger partial charge in [-0.1, -0.05) is 6.07 Å². The Bertz CT molecular complexity index is 551. The van der Waals surface area contributed by atoms with Gasteiger partial charge in [-0.2, -0.15) is 0 Å². The van der Waals surface area contributed by atoms with Gasteiger partial charge in [0.25, 0.3) is 0 Å². The molecule has 0 spiro atoms. The van der Waals surface area contributed by atoms with Crippen molar-refractivity contribution >= 4 is 10.9 Å². The zero-order valence-corrected chi connectivity index (χ0v) is 7.94. The number of nitrogens with zero attached hydrogens (tertiary/aromatic N) is 2. The Balaban J connectivity index is 2.21. The highest BCUT2D eigenvalue weighted by atomic mass is 14.8. The first-order valence-corrected chi connectivity index (χ1v) is 4.69. The number of hydrogen-bond acceptors (Lipinski definition) is 2. The van der Waals surface area contributed by atoms with Gasteiger partial charge < -0.3 is 4.98 Å². The van der Waals surface area contributed by atoms with Crippen LogP contribution in [-0.4, -0.2) is 15.0 Å². The van der Waals surface area contributed by atoms with Crippen LogP contribution < -0.4 is 0 Å². The molecule has 3 nitrogen and oxygen atoms in total. The number of nitrogens with one attached hydrogen (secondary N) is 1. The van der Waals surface area contributed by atoms with E-state index in [1.165, 1.54) is 0 Å². The van der Waals surface area contributed by atoms with Crippen molar-refractivity contribution in [3.63, 3.8) is 0 Å². The van der Waals surface area contributed by atoms with Crippen molar-refractivity contribution in [2.24, 2.45) is 0 Å². The highest BCUT2D eigenvalue weighted by Gasteiger charge is 2.02. The summed E-state index contributed by atoms with van der Waals surface area (Å²) in [5.74, 6) is 0. The van der Waals surface area contributed by atoms with Crippen LogP contribution in [-0.2, 0) is 0 Å². The minimum Gasteiger partial charge on any atom is -0.353 e. The minimum atomic E-state index is 0.855. The molecule has 0 amide bonds. The molecule has 0 fully saturated rings. The number of aromatic amines is 1. The van der Waals surface area contributed by atoms with Crippen LogP contribution >= 0.6 is 0 Å².